The number of nitrogens with one attached hydrogen (secondary N) is 1. The van der Waals surface area contributed by atoms with Crippen molar-refractivity contribution in [3.8, 4) is 5.75 Å². The predicted octanol–water partition coefficient (Wildman–Crippen LogP) is -0.620. The summed E-state index contributed by atoms with van der Waals surface area (Å²) >= 11 is 0. The van der Waals surface area contributed by atoms with Gasteiger partial charge in [-0.15, -0.1) is 0 Å². The largest absolute Gasteiger partial charge is 0.550 e. The van der Waals surface area contributed by atoms with E-state index in [4.69, 9.17) is 4.74 Å². The molecule has 7 nitrogen and oxygen atoms in total. The highest BCUT2D eigenvalue weighted by Gasteiger charge is 2.32. The van der Waals surface area contributed by atoms with Gasteiger partial charge in [0.05, 0.1) is 27.2 Å². The predicted molar refractivity (Wildman–Crippen MR) is 110 cm³/mol. The number of carbonyl (C=O) groups is 2. The van der Waals surface area contributed by atoms with E-state index in [-0.39, 0.29) is 24.2 Å². The van der Waals surface area contributed by atoms with E-state index < -0.39 is 5.97 Å². The standard InChI is InChI=1S/C22H35N3O4/c1-23(2)13-14-24(3)11-9-19-16-25(12-10-18(19)15-21(26)27)22(28)17-5-7-20(29-4)8-6-17/h5-8,18-19H,9-16H2,1-4H3,(H,26,27)/t18-,19-/m0/s1. The number of hydrogen-bond acceptors (Lipinski definition) is 5. The Kier molecular flexibility index (Phi) is 8.92. The van der Waals surface area contributed by atoms with Crippen LogP contribution < -0.4 is 14.7 Å². The van der Waals surface area contributed by atoms with Gasteiger partial charge in [-0.25, -0.2) is 0 Å². The molecule has 3 atom stereocenters. The molecule has 1 aromatic rings. The molecule has 1 unspecified atom stereocenters. The summed E-state index contributed by atoms with van der Waals surface area (Å²) in [5.41, 5.74) is 0.636. The fraction of sp³-hybridized carbons (Fsp3) is 0.636. The van der Waals surface area contributed by atoms with Crippen LogP contribution in [0.1, 0.15) is 29.6 Å². The lowest BCUT2D eigenvalue weighted by Crippen LogP contribution is -3.09. The van der Waals surface area contributed by atoms with Gasteiger partial charge in [0.2, 0.25) is 0 Å². The highest BCUT2D eigenvalue weighted by atomic mass is 16.5. The molecule has 1 N–H and O–H groups in total. The van der Waals surface area contributed by atoms with Gasteiger partial charge in [-0.2, -0.15) is 0 Å². The molecule has 29 heavy (non-hydrogen) atoms. The Hall–Kier alpha value is -2.12. The summed E-state index contributed by atoms with van der Waals surface area (Å²) in [6.07, 6.45) is 1.69. The first-order valence-electron chi connectivity index (χ1n) is 10.4. The Balaban J connectivity index is 2.00. The molecule has 0 bridgehead atoms. The van der Waals surface area contributed by atoms with Gasteiger partial charge in [-0.1, -0.05) is 0 Å². The lowest BCUT2D eigenvalue weighted by Gasteiger charge is -2.39. The topological polar surface area (TPSA) is 77.3 Å². The Morgan fingerprint density at radius 2 is 1.90 bits per heavy atom. The third kappa shape index (κ3) is 7.33. The summed E-state index contributed by atoms with van der Waals surface area (Å²) < 4.78 is 5.16. The zero-order valence-corrected chi connectivity index (χ0v) is 18.1. The monoisotopic (exact) mass is 405 g/mol. The van der Waals surface area contributed by atoms with E-state index in [1.54, 1.807) is 31.4 Å². The number of carboxylic acid groups (broad SMARTS) is 1. The number of likely N-dealkylation sites (tertiary alicyclic amines) is 1. The van der Waals surface area contributed by atoms with Crippen LogP contribution in [0, 0.1) is 11.8 Å². The Labute approximate surface area is 174 Å². The summed E-state index contributed by atoms with van der Waals surface area (Å²) in [6, 6.07) is 7.14. The van der Waals surface area contributed by atoms with E-state index in [0.29, 0.717) is 25.1 Å². The fourth-order valence-electron chi connectivity index (χ4n) is 3.96. The molecule has 0 aromatic heterocycles. The van der Waals surface area contributed by atoms with Crippen LogP contribution in [0.4, 0.5) is 0 Å². The number of hydrogen-bond donors (Lipinski definition) is 1. The number of likely N-dealkylation sites (N-methyl/N-ethyl adjacent to an activating group) is 2. The average Bonchev–Trinajstić information content (AvgIpc) is 2.70. The van der Waals surface area contributed by atoms with Crippen LogP contribution in [0.3, 0.4) is 0 Å². The molecule has 1 aliphatic heterocycles. The number of amides is 1. The van der Waals surface area contributed by atoms with Crippen molar-refractivity contribution in [3.63, 3.8) is 0 Å². The molecular weight excluding hydrogens is 370 g/mol. The zero-order chi connectivity index (χ0) is 21.4. The lowest BCUT2D eigenvalue weighted by molar-refractivity contribution is -0.879. The number of nitrogens with zero attached hydrogens (tertiary/aromatic N) is 2. The molecular formula is C22H35N3O4. The second kappa shape index (κ2) is 11.2. The minimum absolute atomic E-state index is 0.00198. The molecule has 162 valence electrons. The summed E-state index contributed by atoms with van der Waals surface area (Å²) in [4.78, 5) is 29.6. The van der Waals surface area contributed by atoms with Gasteiger partial charge in [0.25, 0.3) is 5.91 Å². The minimum atomic E-state index is -0.997. The highest BCUT2D eigenvalue weighted by Crippen LogP contribution is 2.29. The van der Waals surface area contributed by atoms with Crippen molar-refractivity contribution in [1.29, 1.82) is 0 Å². The van der Waals surface area contributed by atoms with Crippen LogP contribution in [-0.2, 0) is 4.79 Å². The molecule has 1 heterocycles. The first kappa shape index (κ1) is 23.2. The van der Waals surface area contributed by atoms with Crippen LogP contribution in [0.25, 0.3) is 0 Å². The van der Waals surface area contributed by atoms with Gasteiger partial charge < -0.3 is 29.3 Å². The maximum atomic E-state index is 12.9. The molecule has 1 fully saturated rings. The second-order valence-electron chi connectivity index (χ2n) is 8.41. The van der Waals surface area contributed by atoms with Crippen molar-refractivity contribution in [2.24, 2.45) is 11.8 Å². The van der Waals surface area contributed by atoms with Crippen molar-refractivity contribution in [2.75, 3.05) is 61.0 Å². The van der Waals surface area contributed by atoms with Crippen LogP contribution in [0.5, 0.6) is 5.75 Å². The number of piperidine rings is 1. The van der Waals surface area contributed by atoms with Gasteiger partial charge in [-0.3, -0.25) is 4.79 Å². The number of carboxylic acids is 1. The number of aliphatic carboxylic acids is 1. The fourth-order valence-corrected chi connectivity index (χ4v) is 3.96. The van der Waals surface area contributed by atoms with E-state index in [2.05, 4.69) is 26.0 Å². The molecule has 1 aromatic carbocycles. The third-order valence-electron chi connectivity index (χ3n) is 5.87. The summed E-state index contributed by atoms with van der Waals surface area (Å²) in [5, 5.41) is 11.2. The number of rotatable bonds is 10. The lowest BCUT2D eigenvalue weighted by atomic mass is 9.81. The average molecular weight is 406 g/mol. The highest BCUT2D eigenvalue weighted by molar-refractivity contribution is 5.94. The number of quaternary nitrogens is 1. The van der Waals surface area contributed by atoms with Crippen molar-refractivity contribution in [1.82, 2.24) is 9.80 Å². The van der Waals surface area contributed by atoms with E-state index in [0.717, 1.165) is 31.8 Å². The van der Waals surface area contributed by atoms with Crippen molar-refractivity contribution >= 4 is 11.9 Å². The van der Waals surface area contributed by atoms with E-state index in [1.165, 1.54) is 4.90 Å². The van der Waals surface area contributed by atoms with Crippen molar-refractivity contribution in [2.45, 2.75) is 19.3 Å². The van der Waals surface area contributed by atoms with E-state index >= 15 is 0 Å². The van der Waals surface area contributed by atoms with Crippen LogP contribution in [0.2, 0.25) is 0 Å². The molecule has 0 spiro atoms. The first-order valence-corrected chi connectivity index (χ1v) is 10.4. The smallest absolute Gasteiger partial charge is 0.253 e. The van der Waals surface area contributed by atoms with Gasteiger partial charge in [0.1, 0.15) is 5.75 Å². The van der Waals surface area contributed by atoms with Crippen LogP contribution in [0.15, 0.2) is 24.3 Å². The maximum absolute atomic E-state index is 12.9. The van der Waals surface area contributed by atoms with Gasteiger partial charge in [0, 0.05) is 37.6 Å². The number of carbonyl (C=O) groups excluding carboxylic acids is 2. The third-order valence-corrected chi connectivity index (χ3v) is 5.87. The van der Waals surface area contributed by atoms with Crippen molar-refractivity contribution < 1.29 is 24.3 Å². The minimum Gasteiger partial charge on any atom is -0.550 e. The van der Waals surface area contributed by atoms with Crippen LogP contribution in [-0.4, -0.2) is 82.7 Å². The summed E-state index contributed by atoms with van der Waals surface area (Å²) in [7, 11) is 7.89. The number of ether oxygens (including phenoxy) is 1. The van der Waals surface area contributed by atoms with Gasteiger partial charge >= 0.3 is 0 Å². The molecule has 1 saturated heterocycles. The number of benzene rings is 1. The summed E-state index contributed by atoms with van der Waals surface area (Å²) in [6.45, 7) is 4.21. The van der Waals surface area contributed by atoms with Gasteiger partial charge in [0.15, 0.2) is 0 Å². The Morgan fingerprint density at radius 1 is 1.21 bits per heavy atom. The molecule has 1 aliphatic rings. The van der Waals surface area contributed by atoms with E-state index in [1.807, 2.05) is 4.90 Å². The molecule has 2 rings (SSSR count). The summed E-state index contributed by atoms with van der Waals surface area (Å²) in [5.74, 6) is -0.0309. The Bertz CT molecular complexity index is 663. The second-order valence-corrected chi connectivity index (χ2v) is 8.41. The van der Waals surface area contributed by atoms with Crippen LogP contribution >= 0.6 is 0 Å². The quantitative estimate of drug-likeness (QED) is 0.562. The number of methoxy groups -OCH3 is 1. The molecule has 7 heteroatoms. The maximum Gasteiger partial charge on any atom is 0.253 e. The molecule has 0 saturated carbocycles. The first-order chi connectivity index (χ1) is 13.8. The molecule has 0 aliphatic carbocycles. The van der Waals surface area contributed by atoms with E-state index in [9.17, 15) is 14.7 Å². The van der Waals surface area contributed by atoms with Gasteiger partial charge in [-0.05, 0) is 63.0 Å². The van der Waals surface area contributed by atoms with Crippen molar-refractivity contribution in [3.05, 3.63) is 29.8 Å². The SMILES string of the molecule is COc1ccc(C(=O)N2CC[C@@H](CC(=O)[O-])[C@@H](CC[NH+](C)CCN(C)C)C2)cc1. The normalized spacial score (nSPS) is 20.5. The molecule has 1 amide bonds. The zero-order valence-electron chi connectivity index (χ0n) is 18.1. The molecule has 0 radical (unpaired) electrons. The Morgan fingerprint density at radius 3 is 2.48 bits per heavy atom.